The van der Waals surface area contributed by atoms with E-state index >= 15 is 0 Å². The largest absolute Gasteiger partial charge is 0.289 e. The van der Waals surface area contributed by atoms with Gasteiger partial charge < -0.3 is 0 Å². The molecule has 0 N–H and O–H groups in total. The molecule has 1 nitrogen and oxygen atoms in total. The van der Waals surface area contributed by atoms with Gasteiger partial charge in [-0.15, -0.1) is 0 Å². The van der Waals surface area contributed by atoms with Gasteiger partial charge in [-0.2, -0.15) is 0 Å². The lowest BCUT2D eigenvalue weighted by Crippen LogP contribution is -2.16. The number of benzene rings is 2. The Morgan fingerprint density at radius 2 is 1.71 bits per heavy atom. The molecule has 0 radical (unpaired) electrons. The molecule has 84 valence electrons. The third kappa shape index (κ3) is 1.42. The van der Waals surface area contributed by atoms with Gasteiger partial charge in [0.15, 0.2) is 5.78 Å². The lowest BCUT2D eigenvalue weighted by Gasteiger charge is -2.21. The molecule has 0 spiro atoms. The summed E-state index contributed by atoms with van der Waals surface area (Å²) in [6.07, 6.45) is 0.873. The van der Waals surface area contributed by atoms with Gasteiger partial charge >= 0.3 is 0 Å². The molecule has 0 fully saturated rings. The van der Waals surface area contributed by atoms with E-state index in [1.54, 1.807) is 0 Å². The maximum absolute atomic E-state index is 12.5. The van der Waals surface area contributed by atoms with Gasteiger partial charge in [-0.3, -0.25) is 4.79 Å². The Morgan fingerprint density at radius 3 is 2.53 bits per heavy atom. The number of ketones is 1. The molecule has 0 aliphatic heterocycles. The standard InChI is InChI=1S/C16H14O/c1-10-7-8-13-9-12-5-3-4-6-14(12)16(17)15(13)11(10)2/h3-8H,9H2,1-2H3. The predicted molar refractivity (Wildman–Crippen MR) is 68.6 cm³/mol. The fourth-order valence-electron chi connectivity index (χ4n) is 2.57. The van der Waals surface area contributed by atoms with Crippen LogP contribution in [0.3, 0.4) is 0 Å². The summed E-state index contributed by atoms with van der Waals surface area (Å²) in [6.45, 7) is 4.10. The van der Waals surface area contributed by atoms with E-state index in [2.05, 4.69) is 19.1 Å². The van der Waals surface area contributed by atoms with Crippen LogP contribution in [0.4, 0.5) is 0 Å². The molecule has 0 bridgehead atoms. The molecule has 3 rings (SSSR count). The molecule has 1 aliphatic carbocycles. The lowest BCUT2D eigenvalue weighted by atomic mass is 9.82. The SMILES string of the molecule is Cc1ccc2c(c1C)C(=O)c1ccccc1C2. The van der Waals surface area contributed by atoms with Crippen LogP contribution in [0.5, 0.6) is 0 Å². The average Bonchev–Trinajstić information content (AvgIpc) is 2.34. The van der Waals surface area contributed by atoms with Crippen molar-refractivity contribution in [3.63, 3.8) is 0 Å². The summed E-state index contributed by atoms with van der Waals surface area (Å²) >= 11 is 0. The van der Waals surface area contributed by atoms with Gasteiger partial charge in [-0.1, -0.05) is 36.4 Å². The Morgan fingerprint density at radius 1 is 0.941 bits per heavy atom. The number of carbonyl (C=O) groups excluding carboxylic acids is 1. The van der Waals surface area contributed by atoms with Crippen LogP contribution in [0.15, 0.2) is 36.4 Å². The van der Waals surface area contributed by atoms with E-state index in [-0.39, 0.29) is 5.78 Å². The molecule has 0 amide bonds. The van der Waals surface area contributed by atoms with E-state index in [4.69, 9.17) is 0 Å². The van der Waals surface area contributed by atoms with E-state index in [1.807, 2.05) is 31.2 Å². The van der Waals surface area contributed by atoms with Crippen molar-refractivity contribution in [1.29, 1.82) is 0 Å². The fourth-order valence-corrected chi connectivity index (χ4v) is 2.57. The third-order valence-electron chi connectivity index (χ3n) is 3.69. The topological polar surface area (TPSA) is 17.1 Å². The molecule has 2 aromatic carbocycles. The summed E-state index contributed by atoms with van der Waals surface area (Å²) in [5, 5.41) is 0. The summed E-state index contributed by atoms with van der Waals surface area (Å²) in [7, 11) is 0. The molecule has 0 atom stereocenters. The first-order chi connectivity index (χ1) is 8.18. The van der Waals surface area contributed by atoms with Gasteiger partial charge in [0.05, 0.1) is 0 Å². The first-order valence-corrected chi connectivity index (χ1v) is 5.90. The summed E-state index contributed by atoms with van der Waals surface area (Å²) in [5.41, 5.74) is 6.42. The smallest absolute Gasteiger partial charge is 0.193 e. The summed E-state index contributed by atoms with van der Waals surface area (Å²) < 4.78 is 0. The second-order valence-electron chi connectivity index (χ2n) is 4.70. The predicted octanol–water partition coefficient (Wildman–Crippen LogP) is 3.44. The molecular weight excluding hydrogens is 208 g/mol. The van der Waals surface area contributed by atoms with E-state index < -0.39 is 0 Å². The maximum Gasteiger partial charge on any atom is 0.193 e. The Labute approximate surface area is 101 Å². The van der Waals surface area contributed by atoms with Crippen molar-refractivity contribution < 1.29 is 4.79 Å². The second-order valence-corrected chi connectivity index (χ2v) is 4.70. The van der Waals surface area contributed by atoms with Crippen LogP contribution in [0.1, 0.15) is 38.2 Å². The van der Waals surface area contributed by atoms with Crippen LogP contribution in [0.2, 0.25) is 0 Å². The highest BCUT2D eigenvalue weighted by Crippen LogP contribution is 2.30. The van der Waals surface area contributed by atoms with Gasteiger partial charge in [0, 0.05) is 11.1 Å². The minimum atomic E-state index is 0.183. The first-order valence-electron chi connectivity index (χ1n) is 5.90. The number of aryl methyl sites for hydroxylation is 1. The van der Waals surface area contributed by atoms with Crippen LogP contribution in [-0.2, 0) is 6.42 Å². The van der Waals surface area contributed by atoms with Crippen LogP contribution >= 0.6 is 0 Å². The highest BCUT2D eigenvalue weighted by atomic mass is 16.1. The van der Waals surface area contributed by atoms with Crippen molar-refractivity contribution in [2.24, 2.45) is 0 Å². The minimum absolute atomic E-state index is 0.183. The monoisotopic (exact) mass is 222 g/mol. The van der Waals surface area contributed by atoms with Crippen molar-refractivity contribution in [3.8, 4) is 0 Å². The zero-order valence-corrected chi connectivity index (χ0v) is 10.1. The molecule has 0 aromatic heterocycles. The van der Waals surface area contributed by atoms with E-state index in [1.165, 1.54) is 5.56 Å². The van der Waals surface area contributed by atoms with Gasteiger partial charge in [0.2, 0.25) is 0 Å². The van der Waals surface area contributed by atoms with Crippen molar-refractivity contribution in [1.82, 2.24) is 0 Å². The minimum Gasteiger partial charge on any atom is -0.289 e. The average molecular weight is 222 g/mol. The highest BCUT2D eigenvalue weighted by Gasteiger charge is 2.24. The third-order valence-corrected chi connectivity index (χ3v) is 3.69. The zero-order valence-electron chi connectivity index (χ0n) is 10.1. The van der Waals surface area contributed by atoms with Crippen LogP contribution in [0, 0.1) is 13.8 Å². The number of carbonyl (C=O) groups is 1. The van der Waals surface area contributed by atoms with Gasteiger partial charge in [-0.05, 0) is 42.5 Å². The molecule has 0 heterocycles. The first kappa shape index (κ1) is 10.3. The number of hydrogen-bond donors (Lipinski definition) is 0. The second kappa shape index (κ2) is 3.56. The molecule has 0 saturated heterocycles. The molecule has 17 heavy (non-hydrogen) atoms. The normalized spacial score (nSPS) is 13.2. The lowest BCUT2D eigenvalue weighted by molar-refractivity contribution is 0.103. The fraction of sp³-hybridized carbons (Fsp3) is 0.188. The van der Waals surface area contributed by atoms with Crippen molar-refractivity contribution in [2.75, 3.05) is 0 Å². The number of rotatable bonds is 0. The van der Waals surface area contributed by atoms with Gasteiger partial charge in [0.1, 0.15) is 0 Å². The van der Waals surface area contributed by atoms with E-state index in [9.17, 15) is 4.79 Å². The molecular formula is C16H14O. The summed E-state index contributed by atoms with van der Waals surface area (Å²) in [5.74, 6) is 0.183. The maximum atomic E-state index is 12.5. The van der Waals surface area contributed by atoms with Crippen LogP contribution in [0.25, 0.3) is 0 Å². The Hall–Kier alpha value is -1.89. The zero-order chi connectivity index (χ0) is 12.0. The van der Waals surface area contributed by atoms with Gasteiger partial charge in [-0.25, -0.2) is 0 Å². The summed E-state index contributed by atoms with van der Waals surface area (Å²) in [6, 6.07) is 12.1. The molecule has 0 unspecified atom stereocenters. The van der Waals surface area contributed by atoms with Gasteiger partial charge in [0.25, 0.3) is 0 Å². The van der Waals surface area contributed by atoms with Crippen LogP contribution in [-0.4, -0.2) is 5.78 Å². The molecule has 1 aliphatic rings. The van der Waals surface area contributed by atoms with E-state index in [0.29, 0.717) is 0 Å². The van der Waals surface area contributed by atoms with E-state index in [0.717, 1.165) is 34.2 Å². The molecule has 1 heteroatoms. The highest BCUT2D eigenvalue weighted by molar-refractivity contribution is 6.13. The molecule has 0 saturated carbocycles. The number of hydrogen-bond acceptors (Lipinski definition) is 1. The Balaban J connectivity index is 2.28. The van der Waals surface area contributed by atoms with Crippen LogP contribution < -0.4 is 0 Å². The van der Waals surface area contributed by atoms with Crippen molar-refractivity contribution >= 4 is 5.78 Å². The summed E-state index contributed by atoms with van der Waals surface area (Å²) in [4.78, 5) is 12.5. The molecule has 2 aromatic rings. The quantitative estimate of drug-likeness (QED) is 0.569. The number of fused-ring (bicyclic) bond motifs is 2. The van der Waals surface area contributed by atoms with Crippen molar-refractivity contribution in [2.45, 2.75) is 20.3 Å². The Kier molecular flexibility index (Phi) is 2.15. The van der Waals surface area contributed by atoms with Crippen molar-refractivity contribution in [3.05, 3.63) is 69.8 Å². The Bertz CT molecular complexity index is 623.